The predicted octanol–water partition coefficient (Wildman–Crippen LogP) is 3.31. The molecule has 6 nitrogen and oxygen atoms in total. The minimum Gasteiger partial charge on any atom is -0.462 e. The first-order chi connectivity index (χ1) is 11.9. The molecule has 25 heavy (non-hydrogen) atoms. The Kier molecular flexibility index (Phi) is 6.30. The van der Waals surface area contributed by atoms with Crippen LogP contribution in [0, 0.1) is 13.8 Å². The smallest absolute Gasteiger partial charge is 0.340 e. The summed E-state index contributed by atoms with van der Waals surface area (Å²) in [6, 6.07) is 3.73. The van der Waals surface area contributed by atoms with Gasteiger partial charge in [-0.15, -0.1) is 11.3 Å². The molecule has 2 aromatic rings. The Morgan fingerprint density at radius 3 is 2.52 bits per heavy atom. The van der Waals surface area contributed by atoms with Gasteiger partial charge in [-0.25, -0.2) is 9.59 Å². The third-order valence-corrected chi connectivity index (χ3v) is 4.24. The Labute approximate surface area is 149 Å². The van der Waals surface area contributed by atoms with Crippen LogP contribution in [0.3, 0.4) is 0 Å². The zero-order valence-electron chi connectivity index (χ0n) is 14.3. The molecule has 0 fully saturated rings. The van der Waals surface area contributed by atoms with Crippen molar-refractivity contribution in [1.82, 2.24) is 4.98 Å². The van der Waals surface area contributed by atoms with Gasteiger partial charge < -0.3 is 14.5 Å². The summed E-state index contributed by atoms with van der Waals surface area (Å²) < 4.78 is 9.97. The molecule has 132 valence electrons. The van der Waals surface area contributed by atoms with Gasteiger partial charge in [-0.3, -0.25) is 4.79 Å². The van der Waals surface area contributed by atoms with Gasteiger partial charge in [0.1, 0.15) is 0 Å². The molecule has 2 heterocycles. The molecule has 0 saturated heterocycles. The molecule has 0 aromatic carbocycles. The second kappa shape index (κ2) is 8.43. The van der Waals surface area contributed by atoms with Crippen LogP contribution in [0.15, 0.2) is 23.6 Å². The summed E-state index contributed by atoms with van der Waals surface area (Å²) in [5, 5.41) is 1.89. The van der Waals surface area contributed by atoms with E-state index in [1.165, 1.54) is 17.4 Å². The molecule has 0 bridgehead atoms. The summed E-state index contributed by atoms with van der Waals surface area (Å²) in [6.45, 7) is 4.82. The second-order valence-electron chi connectivity index (χ2n) is 5.23. The van der Waals surface area contributed by atoms with Gasteiger partial charge in [0, 0.05) is 22.3 Å². The van der Waals surface area contributed by atoms with Crippen molar-refractivity contribution >= 4 is 35.1 Å². The molecule has 2 rings (SSSR count). The first-order valence-electron chi connectivity index (χ1n) is 7.71. The Balaban J connectivity index is 2.06. The van der Waals surface area contributed by atoms with Crippen molar-refractivity contribution in [2.75, 3.05) is 13.2 Å². The monoisotopic (exact) mass is 361 g/mol. The van der Waals surface area contributed by atoms with Crippen LogP contribution < -0.4 is 0 Å². The molecule has 2 aromatic heterocycles. The number of aryl methyl sites for hydroxylation is 2. The van der Waals surface area contributed by atoms with Gasteiger partial charge in [0.2, 0.25) is 5.78 Å². The highest BCUT2D eigenvalue weighted by atomic mass is 32.1. The first-order valence-corrected chi connectivity index (χ1v) is 8.59. The summed E-state index contributed by atoms with van der Waals surface area (Å²) in [5.74, 6) is -1.65. The lowest BCUT2D eigenvalue weighted by Crippen LogP contribution is -2.17. The van der Waals surface area contributed by atoms with E-state index in [4.69, 9.17) is 9.47 Å². The third kappa shape index (κ3) is 4.67. The topological polar surface area (TPSA) is 85.5 Å². The van der Waals surface area contributed by atoms with E-state index >= 15 is 0 Å². The molecule has 7 heteroatoms. The molecule has 0 aliphatic heterocycles. The summed E-state index contributed by atoms with van der Waals surface area (Å²) in [4.78, 5) is 40.1. The number of carbonyl (C=O) groups excluding carboxylic acids is 3. The van der Waals surface area contributed by atoms with E-state index < -0.39 is 24.3 Å². The standard InChI is InChI=1S/C18H19NO5S/c1-4-23-18(22)17-12(3)19-11(2)16(17)14(20)10-24-15(21)8-7-13-6-5-9-25-13/h5-9,19H,4,10H2,1-3H3. The lowest BCUT2D eigenvalue weighted by Gasteiger charge is -2.06. The Morgan fingerprint density at radius 2 is 1.88 bits per heavy atom. The number of aromatic nitrogens is 1. The minimum atomic E-state index is -0.621. The van der Waals surface area contributed by atoms with Crippen molar-refractivity contribution in [1.29, 1.82) is 0 Å². The van der Waals surface area contributed by atoms with Crippen molar-refractivity contribution in [3.8, 4) is 0 Å². The first kappa shape index (κ1) is 18.7. The average Bonchev–Trinajstić information content (AvgIpc) is 3.18. The van der Waals surface area contributed by atoms with Gasteiger partial charge >= 0.3 is 11.9 Å². The summed E-state index contributed by atoms with van der Waals surface area (Å²) >= 11 is 1.48. The number of esters is 2. The summed E-state index contributed by atoms with van der Waals surface area (Å²) in [7, 11) is 0. The van der Waals surface area contributed by atoms with E-state index in [2.05, 4.69) is 4.98 Å². The van der Waals surface area contributed by atoms with Crippen LogP contribution in [0.5, 0.6) is 0 Å². The van der Waals surface area contributed by atoms with Crippen molar-refractivity contribution in [2.24, 2.45) is 0 Å². The van der Waals surface area contributed by atoms with Gasteiger partial charge in [0.25, 0.3) is 0 Å². The minimum absolute atomic E-state index is 0.189. The van der Waals surface area contributed by atoms with Gasteiger partial charge in [-0.2, -0.15) is 0 Å². The molecule has 0 amide bonds. The molecular formula is C18H19NO5S. The van der Waals surface area contributed by atoms with Gasteiger partial charge in [0.15, 0.2) is 6.61 Å². The molecule has 0 aliphatic carbocycles. The number of ether oxygens (including phenoxy) is 2. The van der Waals surface area contributed by atoms with Crippen molar-refractivity contribution in [3.63, 3.8) is 0 Å². The molecule has 0 unspecified atom stereocenters. The van der Waals surface area contributed by atoms with Crippen molar-refractivity contribution < 1.29 is 23.9 Å². The molecule has 1 N–H and O–H groups in total. The van der Waals surface area contributed by atoms with Crippen LogP contribution in [0.1, 0.15) is 43.9 Å². The van der Waals surface area contributed by atoms with Crippen LogP contribution >= 0.6 is 11.3 Å². The van der Waals surface area contributed by atoms with Gasteiger partial charge in [-0.05, 0) is 38.3 Å². The molecule has 0 saturated carbocycles. The summed E-state index contributed by atoms with van der Waals surface area (Å²) in [6.07, 6.45) is 2.88. The van der Waals surface area contributed by atoms with Gasteiger partial charge in [0.05, 0.1) is 17.7 Å². The number of carbonyl (C=O) groups is 3. The average molecular weight is 361 g/mol. The van der Waals surface area contributed by atoms with E-state index in [-0.39, 0.29) is 17.7 Å². The van der Waals surface area contributed by atoms with E-state index in [0.29, 0.717) is 11.4 Å². The number of Topliss-reactive ketones (excluding diaryl/α,β-unsaturated/α-hetero) is 1. The number of aromatic amines is 1. The number of ketones is 1. The third-order valence-electron chi connectivity index (χ3n) is 3.41. The molecular weight excluding hydrogens is 342 g/mol. The van der Waals surface area contributed by atoms with Crippen LogP contribution in [0.25, 0.3) is 6.08 Å². The molecule has 0 aliphatic rings. The Bertz CT molecular complexity index is 802. The van der Waals surface area contributed by atoms with Crippen LogP contribution in [0.4, 0.5) is 0 Å². The van der Waals surface area contributed by atoms with Crippen LogP contribution in [-0.2, 0) is 14.3 Å². The maximum atomic E-state index is 12.4. The van der Waals surface area contributed by atoms with Crippen molar-refractivity contribution in [3.05, 3.63) is 51.0 Å². The zero-order valence-corrected chi connectivity index (χ0v) is 15.1. The lowest BCUT2D eigenvalue weighted by molar-refractivity contribution is -0.136. The summed E-state index contributed by atoms with van der Waals surface area (Å²) in [5.41, 5.74) is 1.47. The number of hydrogen-bond acceptors (Lipinski definition) is 6. The van der Waals surface area contributed by atoms with E-state index in [0.717, 1.165) is 4.88 Å². The maximum absolute atomic E-state index is 12.4. The number of rotatable bonds is 7. The van der Waals surface area contributed by atoms with Crippen LogP contribution in [0.2, 0.25) is 0 Å². The zero-order chi connectivity index (χ0) is 18.4. The van der Waals surface area contributed by atoms with E-state index in [1.54, 1.807) is 26.8 Å². The van der Waals surface area contributed by atoms with Crippen molar-refractivity contribution in [2.45, 2.75) is 20.8 Å². The molecule has 0 spiro atoms. The van der Waals surface area contributed by atoms with E-state index in [1.807, 2.05) is 17.5 Å². The highest BCUT2D eigenvalue weighted by Crippen LogP contribution is 2.20. The molecule has 0 radical (unpaired) electrons. The fraction of sp³-hybridized carbons (Fsp3) is 0.278. The fourth-order valence-corrected chi connectivity index (χ4v) is 3.00. The van der Waals surface area contributed by atoms with E-state index in [9.17, 15) is 14.4 Å². The second-order valence-corrected chi connectivity index (χ2v) is 6.20. The fourth-order valence-electron chi connectivity index (χ4n) is 2.38. The van der Waals surface area contributed by atoms with Gasteiger partial charge in [-0.1, -0.05) is 6.07 Å². The highest BCUT2D eigenvalue weighted by molar-refractivity contribution is 7.10. The Morgan fingerprint density at radius 1 is 1.16 bits per heavy atom. The largest absolute Gasteiger partial charge is 0.462 e. The quantitative estimate of drug-likeness (QED) is 0.464. The Hall–Kier alpha value is -2.67. The lowest BCUT2D eigenvalue weighted by atomic mass is 10.1. The number of H-pyrrole nitrogens is 1. The van der Waals surface area contributed by atoms with Crippen LogP contribution in [-0.4, -0.2) is 35.9 Å². The predicted molar refractivity (Wildman–Crippen MR) is 94.9 cm³/mol. The number of hydrogen-bond donors (Lipinski definition) is 1. The number of nitrogens with one attached hydrogen (secondary N) is 1. The molecule has 0 atom stereocenters. The maximum Gasteiger partial charge on any atom is 0.340 e. The normalized spacial score (nSPS) is 10.8. The number of thiophene rings is 1. The SMILES string of the molecule is CCOC(=O)c1c(C)[nH]c(C)c1C(=O)COC(=O)C=Cc1cccs1. The highest BCUT2D eigenvalue weighted by Gasteiger charge is 2.25.